The first-order valence-corrected chi connectivity index (χ1v) is 7.30. The van der Waals surface area contributed by atoms with Crippen LogP contribution in [0.15, 0.2) is 18.2 Å². The molecule has 0 aliphatic carbocycles. The van der Waals surface area contributed by atoms with Crippen LogP contribution < -0.4 is 4.74 Å². The number of ether oxygens (including phenoxy) is 2. The Morgan fingerprint density at radius 2 is 2.23 bits per heavy atom. The fraction of sp³-hybridized carbons (Fsp3) is 0.375. The van der Waals surface area contributed by atoms with Gasteiger partial charge in [0.2, 0.25) is 0 Å². The molecular weight excluding hydrogens is 304 g/mol. The van der Waals surface area contributed by atoms with Gasteiger partial charge in [-0.2, -0.15) is 0 Å². The Kier molecular flexibility index (Phi) is 5.49. The second-order valence-corrected chi connectivity index (χ2v) is 5.16. The minimum Gasteiger partial charge on any atom is -0.496 e. The summed E-state index contributed by atoms with van der Waals surface area (Å²) in [4.78, 5) is 22.7. The van der Waals surface area contributed by atoms with Crippen molar-refractivity contribution >= 4 is 24.8 Å². The molecule has 6 heteroatoms. The zero-order valence-electron chi connectivity index (χ0n) is 12.5. The highest BCUT2D eigenvalue weighted by molar-refractivity contribution is 7.75. The van der Waals surface area contributed by atoms with Gasteiger partial charge in [0.05, 0.1) is 19.1 Å². The van der Waals surface area contributed by atoms with Crippen LogP contribution in [-0.2, 0) is 26.7 Å². The number of carbonyl (C=O) groups excluding carboxylic acids is 2. The molecule has 0 fully saturated rings. The lowest BCUT2D eigenvalue weighted by atomic mass is 9.97. The molecule has 0 spiro atoms. The van der Waals surface area contributed by atoms with E-state index < -0.39 is 0 Å². The van der Waals surface area contributed by atoms with Gasteiger partial charge in [-0.15, -0.1) is 0 Å². The van der Waals surface area contributed by atoms with Gasteiger partial charge < -0.3 is 13.7 Å². The molecule has 2 rings (SSSR count). The van der Waals surface area contributed by atoms with Crippen LogP contribution in [-0.4, -0.2) is 19.0 Å². The van der Waals surface area contributed by atoms with Crippen molar-refractivity contribution in [3.63, 3.8) is 0 Å². The van der Waals surface area contributed by atoms with E-state index in [1.165, 1.54) is 0 Å². The monoisotopic (exact) mass is 322 g/mol. The third kappa shape index (κ3) is 3.44. The Morgan fingerprint density at radius 3 is 2.91 bits per heavy atom. The molecule has 0 saturated heterocycles. The van der Waals surface area contributed by atoms with Crippen LogP contribution in [0.25, 0.3) is 0 Å². The van der Waals surface area contributed by atoms with Gasteiger partial charge in [-0.05, 0) is 37.0 Å². The van der Waals surface area contributed by atoms with Gasteiger partial charge >= 0.3 is 11.9 Å². The highest BCUT2D eigenvalue weighted by Gasteiger charge is 2.26. The first kappa shape index (κ1) is 16.4. The van der Waals surface area contributed by atoms with Crippen LogP contribution >= 0.6 is 12.9 Å². The topological polar surface area (TPSA) is 61.8 Å². The molecule has 0 N–H and O–H groups in total. The number of methoxy groups -OCH3 is 1. The molecule has 5 nitrogen and oxygen atoms in total. The standard InChI is InChI=1S/C16H18O5S/c1-10-13-9-20-16(18)12(13)8-11(15(10)19-2)6-4-3-5-7-14(17)21-22/h3-4,8,22H,5-7,9H2,1-2H3/b4-3+. The third-order valence-electron chi connectivity index (χ3n) is 3.62. The van der Waals surface area contributed by atoms with E-state index in [0.717, 1.165) is 22.4 Å². The largest absolute Gasteiger partial charge is 0.496 e. The van der Waals surface area contributed by atoms with Gasteiger partial charge in [-0.3, -0.25) is 4.79 Å². The third-order valence-corrected chi connectivity index (χ3v) is 3.83. The van der Waals surface area contributed by atoms with Gasteiger partial charge in [0.15, 0.2) is 0 Å². The SMILES string of the molecule is COc1c(C/C=C/CCC(=O)OS)cc2c(c1C)COC2=O. The predicted octanol–water partition coefficient (Wildman–Crippen LogP) is 2.94. The summed E-state index contributed by atoms with van der Waals surface area (Å²) in [5.41, 5.74) is 3.37. The number of hydrogen-bond donors (Lipinski definition) is 1. The fourth-order valence-corrected chi connectivity index (χ4v) is 2.59. The summed E-state index contributed by atoms with van der Waals surface area (Å²) in [7, 11) is 1.61. The average molecular weight is 322 g/mol. The quantitative estimate of drug-likeness (QED) is 0.378. The minimum absolute atomic E-state index is 0.284. The van der Waals surface area contributed by atoms with Gasteiger partial charge in [-0.25, -0.2) is 4.79 Å². The Morgan fingerprint density at radius 1 is 1.45 bits per heavy atom. The van der Waals surface area contributed by atoms with Crippen molar-refractivity contribution in [3.8, 4) is 5.75 Å². The molecule has 0 aromatic heterocycles. The van der Waals surface area contributed by atoms with Crippen LogP contribution in [0.2, 0.25) is 0 Å². The molecule has 0 bridgehead atoms. The highest BCUT2D eigenvalue weighted by atomic mass is 32.1. The van der Waals surface area contributed by atoms with E-state index in [0.29, 0.717) is 25.0 Å². The van der Waals surface area contributed by atoms with Crippen LogP contribution in [0, 0.1) is 6.92 Å². The molecule has 0 saturated carbocycles. The van der Waals surface area contributed by atoms with Crippen molar-refractivity contribution in [2.75, 3.05) is 7.11 Å². The maximum Gasteiger partial charge on any atom is 0.338 e. The van der Waals surface area contributed by atoms with Gasteiger partial charge in [0.1, 0.15) is 12.4 Å². The molecule has 1 aromatic rings. The minimum atomic E-state index is -0.360. The van der Waals surface area contributed by atoms with Crippen LogP contribution in [0.4, 0.5) is 0 Å². The van der Waals surface area contributed by atoms with E-state index in [2.05, 4.69) is 17.1 Å². The summed E-state index contributed by atoms with van der Waals surface area (Å²) >= 11 is 3.45. The first-order chi connectivity index (χ1) is 10.6. The van der Waals surface area contributed by atoms with Crippen molar-refractivity contribution in [3.05, 3.63) is 40.5 Å². The second-order valence-electron chi connectivity index (χ2n) is 4.97. The lowest BCUT2D eigenvalue weighted by Gasteiger charge is -2.13. The fourth-order valence-electron chi connectivity index (χ4n) is 2.50. The summed E-state index contributed by atoms with van der Waals surface area (Å²) in [5, 5.41) is 0. The molecular formula is C16H18O5S. The second kappa shape index (κ2) is 7.35. The number of rotatable bonds is 6. The molecule has 1 aromatic carbocycles. The number of hydrogen-bond acceptors (Lipinski definition) is 6. The van der Waals surface area contributed by atoms with Crippen LogP contribution in [0.1, 0.15) is 39.9 Å². The van der Waals surface area contributed by atoms with E-state index in [1.807, 2.05) is 25.1 Å². The normalized spacial score (nSPS) is 13.1. The van der Waals surface area contributed by atoms with E-state index in [9.17, 15) is 9.59 Å². The molecule has 22 heavy (non-hydrogen) atoms. The van der Waals surface area contributed by atoms with Gasteiger partial charge in [0.25, 0.3) is 0 Å². The molecule has 0 radical (unpaired) electrons. The summed E-state index contributed by atoms with van der Waals surface area (Å²) in [6.07, 6.45) is 5.31. The molecule has 1 aliphatic rings. The lowest BCUT2D eigenvalue weighted by Crippen LogP contribution is -2.01. The Labute approximate surface area is 134 Å². The lowest BCUT2D eigenvalue weighted by molar-refractivity contribution is -0.132. The maximum absolute atomic E-state index is 11.7. The predicted molar refractivity (Wildman–Crippen MR) is 84.0 cm³/mol. The molecule has 1 heterocycles. The number of fused-ring (bicyclic) bond motifs is 1. The van der Waals surface area contributed by atoms with Gasteiger partial charge in [-0.1, -0.05) is 12.2 Å². The van der Waals surface area contributed by atoms with Crippen molar-refractivity contribution in [2.45, 2.75) is 32.8 Å². The zero-order chi connectivity index (χ0) is 16.1. The van der Waals surface area contributed by atoms with Crippen molar-refractivity contribution in [1.82, 2.24) is 0 Å². The van der Waals surface area contributed by atoms with E-state index in [-0.39, 0.29) is 18.4 Å². The summed E-state index contributed by atoms with van der Waals surface area (Å²) in [5.74, 6) is 0.126. The molecule has 0 atom stereocenters. The van der Waals surface area contributed by atoms with E-state index in [4.69, 9.17) is 9.47 Å². The maximum atomic E-state index is 11.7. The number of carbonyl (C=O) groups is 2. The highest BCUT2D eigenvalue weighted by Crippen LogP contribution is 2.34. The number of thiol groups is 1. The Bertz CT molecular complexity index is 621. The number of benzene rings is 1. The summed E-state index contributed by atoms with van der Waals surface area (Å²) in [6.45, 7) is 2.23. The first-order valence-electron chi connectivity index (χ1n) is 6.94. The van der Waals surface area contributed by atoms with Crippen molar-refractivity contribution < 1.29 is 23.2 Å². The molecule has 0 unspecified atom stereocenters. The summed E-state index contributed by atoms with van der Waals surface area (Å²) in [6, 6.07) is 1.82. The van der Waals surface area contributed by atoms with Crippen molar-refractivity contribution in [1.29, 1.82) is 0 Å². The average Bonchev–Trinajstić information content (AvgIpc) is 2.88. The Hall–Kier alpha value is -1.95. The van der Waals surface area contributed by atoms with Crippen LogP contribution in [0.3, 0.4) is 0 Å². The van der Waals surface area contributed by atoms with Crippen LogP contribution in [0.5, 0.6) is 5.75 Å². The zero-order valence-corrected chi connectivity index (χ0v) is 13.4. The summed E-state index contributed by atoms with van der Waals surface area (Å²) < 4.78 is 14.8. The number of cyclic esters (lactones) is 1. The van der Waals surface area contributed by atoms with E-state index in [1.54, 1.807) is 7.11 Å². The molecule has 118 valence electrons. The molecule has 0 amide bonds. The smallest absolute Gasteiger partial charge is 0.338 e. The Balaban J connectivity index is 2.12. The number of allylic oxidation sites excluding steroid dienone is 2. The molecule has 1 aliphatic heterocycles. The number of esters is 1. The van der Waals surface area contributed by atoms with Gasteiger partial charge in [0, 0.05) is 18.5 Å². The van der Waals surface area contributed by atoms with Crippen molar-refractivity contribution in [2.24, 2.45) is 0 Å². The van der Waals surface area contributed by atoms with E-state index >= 15 is 0 Å².